The van der Waals surface area contributed by atoms with Gasteiger partial charge in [-0.15, -0.1) is 11.3 Å². The molecule has 0 spiro atoms. The molecule has 0 radical (unpaired) electrons. The Morgan fingerprint density at radius 2 is 1.86 bits per heavy atom. The molecule has 3 aromatic rings. The summed E-state index contributed by atoms with van der Waals surface area (Å²) < 4.78 is 39.8. The highest BCUT2D eigenvalue weighted by atomic mass is 32.1. The van der Waals surface area contributed by atoms with Crippen molar-refractivity contribution < 1.29 is 18.0 Å². The van der Waals surface area contributed by atoms with Crippen molar-refractivity contribution in [2.45, 2.75) is 32.0 Å². The summed E-state index contributed by atoms with van der Waals surface area (Å²) in [5.41, 5.74) is 0.773. The number of hydrogen-bond acceptors (Lipinski definition) is 4. The van der Waals surface area contributed by atoms with Gasteiger partial charge in [0.2, 0.25) is 0 Å². The minimum atomic E-state index is -4.47. The number of anilines is 1. The Bertz CT molecular complexity index is 971. The Morgan fingerprint density at radius 3 is 2.54 bits per heavy atom. The van der Waals surface area contributed by atoms with Crippen molar-refractivity contribution in [3.63, 3.8) is 0 Å². The number of nitrogens with one attached hydrogen (secondary N) is 1. The SMILES string of the molecule is O=C(Nc1ncn2c(C(F)(F)F)csc12)c1ccc(CN2CCCCC2)cc1. The Morgan fingerprint density at radius 1 is 1.14 bits per heavy atom. The van der Waals surface area contributed by atoms with Crippen LogP contribution in [-0.4, -0.2) is 33.3 Å². The fourth-order valence-electron chi connectivity index (χ4n) is 3.40. The number of hydrogen-bond donors (Lipinski definition) is 1. The summed E-state index contributed by atoms with van der Waals surface area (Å²) in [6.07, 6.45) is 0.332. The smallest absolute Gasteiger partial charge is 0.304 e. The number of nitrogens with zero attached hydrogens (tertiary/aromatic N) is 3. The summed E-state index contributed by atoms with van der Waals surface area (Å²) in [6, 6.07) is 7.30. The maximum atomic E-state index is 13.0. The Labute approximate surface area is 163 Å². The highest BCUT2D eigenvalue weighted by molar-refractivity contribution is 7.16. The molecule has 1 saturated heterocycles. The highest BCUT2D eigenvalue weighted by Crippen LogP contribution is 2.35. The molecule has 1 fully saturated rings. The van der Waals surface area contributed by atoms with Crippen LogP contribution in [0.1, 0.15) is 40.9 Å². The summed E-state index contributed by atoms with van der Waals surface area (Å²) in [5, 5.41) is 3.62. The standard InChI is InChI=1S/C19H19F3N4OS/c20-19(21,22)15-11-28-18-16(23-12-26(15)18)24-17(27)14-6-4-13(5-7-14)10-25-8-2-1-3-9-25/h4-7,11-12H,1-3,8-10H2,(H,24,27). The Hall–Kier alpha value is -2.39. The number of aromatic nitrogens is 2. The molecule has 0 unspecified atom stereocenters. The van der Waals surface area contributed by atoms with Crippen molar-refractivity contribution in [2.24, 2.45) is 0 Å². The summed E-state index contributed by atoms with van der Waals surface area (Å²) in [5.74, 6) is -0.269. The van der Waals surface area contributed by atoms with E-state index in [0.29, 0.717) is 5.56 Å². The van der Waals surface area contributed by atoms with Gasteiger partial charge in [0.25, 0.3) is 5.91 Å². The van der Waals surface area contributed by atoms with Crippen LogP contribution in [0.3, 0.4) is 0 Å². The van der Waals surface area contributed by atoms with E-state index in [1.54, 1.807) is 12.1 Å². The molecule has 0 atom stereocenters. The fraction of sp³-hybridized carbons (Fsp3) is 0.368. The lowest BCUT2D eigenvalue weighted by Crippen LogP contribution is -2.29. The molecular weight excluding hydrogens is 389 g/mol. The molecule has 1 amide bonds. The third kappa shape index (κ3) is 3.90. The molecule has 0 saturated carbocycles. The van der Waals surface area contributed by atoms with Gasteiger partial charge in [-0.05, 0) is 43.6 Å². The number of thiazole rings is 1. The van der Waals surface area contributed by atoms with Gasteiger partial charge < -0.3 is 5.32 Å². The number of imidazole rings is 1. The number of amides is 1. The summed E-state index contributed by atoms with van der Waals surface area (Å²) in [4.78, 5) is 19.0. The van der Waals surface area contributed by atoms with Crippen LogP contribution < -0.4 is 5.32 Å². The van der Waals surface area contributed by atoms with Crippen molar-refractivity contribution in [1.29, 1.82) is 0 Å². The molecule has 0 bridgehead atoms. The molecule has 148 valence electrons. The Balaban J connectivity index is 1.45. The van der Waals surface area contributed by atoms with E-state index in [0.717, 1.165) is 52.6 Å². The summed E-state index contributed by atoms with van der Waals surface area (Å²) >= 11 is 0.893. The number of halogens is 3. The molecule has 1 aliphatic heterocycles. The third-order valence-corrected chi connectivity index (χ3v) is 5.81. The molecule has 2 aromatic heterocycles. The molecular formula is C19H19F3N4OS. The van der Waals surface area contributed by atoms with Gasteiger partial charge in [0.05, 0.1) is 0 Å². The minimum Gasteiger partial charge on any atom is -0.304 e. The largest absolute Gasteiger partial charge is 0.432 e. The second-order valence-electron chi connectivity index (χ2n) is 6.87. The van der Waals surface area contributed by atoms with Crippen LogP contribution in [0.15, 0.2) is 36.0 Å². The zero-order valence-electron chi connectivity index (χ0n) is 15.0. The number of rotatable bonds is 4. The van der Waals surface area contributed by atoms with E-state index < -0.39 is 17.8 Å². The third-order valence-electron chi connectivity index (χ3n) is 4.86. The lowest BCUT2D eigenvalue weighted by atomic mass is 10.1. The van der Waals surface area contributed by atoms with Gasteiger partial charge in [-0.25, -0.2) is 4.98 Å². The summed E-state index contributed by atoms with van der Waals surface area (Å²) in [7, 11) is 0. The number of alkyl halides is 3. The van der Waals surface area contributed by atoms with Gasteiger partial charge >= 0.3 is 6.18 Å². The second-order valence-corrected chi connectivity index (χ2v) is 7.73. The average molecular weight is 408 g/mol. The lowest BCUT2D eigenvalue weighted by molar-refractivity contribution is -0.141. The zero-order chi connectivity index (χ0) is 19.7. The fourth-order valence-corrected chi connectivity index (χ4v) is 4.34. The van der Waals surface area contributed by atoms with Crippen LogP contribution in [0.4, 0.5) is 19.0 Å². The van der Waals surface area contributed by atoms with Gasteiger partial charge in [0.1, 0.15) is 16.9 Å². The van der Waals surface area contributed by atoms with Crippen LogP contribution in [0.25, 0.3) is 4.83 Å². The molecule has 5 nitrogen and oxygen atoms in total. The predicted octanol–water partition coefficient (Wildman–Crippen LogP) is 4.65. The highest BCUT2D eigenvalue weighted by Gasteiger charge is 2.35. The number of likely N-dealkylation sites (tertiary alicyclic amines) is 1. The van der Waals surface area contributed by atoms with Crippen molar-refractivity contribution in [1.82, 2.24) is 14.3 Å². The van der Waals surface area contributed by atoms with E-state index in [-0.39, 0.29) is 10.6 Å². The normalized spacial score (nSPS) is 15.8. The van der Waals surface area contributed by atoms with Gasteiger partial charge in [0, 0.05) is 17.5 Å². The van der Waals surface area contributed by atoms with Crippen LogP contribution in [0.2, 0.25) is 0 Å². The van der Waals surface area contributed by atoms with Gasteiger partial charge in [-0.3, -0.25) is 14.1 Å². The number of carbonyl (C=O) groups is 1. The van der Waals surface area contributed by atoms with Crippen LogP contribution in [0.5, 0.6) is 0 Å². The number of benzene rings is 1. The number of piperidine rings is 1. The maximum Gasteiger partial charge on any atom is 0.432 e. The lowest BCUT2D eigenvalue weighted by Gasteiger charge is -2.26. The predicted molar refractivity (Wildman–Crippen MR) is 102 cm³/mol. The van der Waals surface area contributed by atoms with Crippen LogP contribution in [0, 0.1) is 0 Å². The van der Waals surface area contributed by atoms with E-state index in [2.05, 4.69) is 15.2 Å². The number of carbonyl (C=O) groups excluding carboxylic acids is 1. The molecule has 4 rings (SSSR count). The molecule has 3 heterocycles. The van der Waals surface area contributed by atoms with Gasteiger partial charge in [-0.2, -0.15) is 13.2 Å². The van der Waals surface area contributed by atoms with Crippen molar-refractivity contribution in [2.75, 3.05) is 18.4 Å². The van der Waals surface area contributed by atoms with Crippen LogP contribution >= 0.6 is 11.3 Å². The van der Waals surface area contributed by atoms with Gasteiger partial charge in [0.15, 0.2) is 5.82 Å². The molecule has 0 aliphatic carbocycles. The quantitative estimate of drug-likeness (QED) is 0.684. The molecule has 28 heavy (non-hydrogen) atoms. The van der Waals surface area contributed by atoms with Crippen molar-refractivity contribution in [3.05, 3.63) is 52.8 Å². The zero-order valence-corrected chi connectivity index (χ0v) is 15.8. The van der Waals surface area contributed by atoms with E-state index in [9.17, 15) is 18.0 Å². The first-order valence-electron chi connectivity index (χ1n) is 9.06. The van der Waals surface area contributed by atoms with Crippen molar-refractivity contribution >= 4 is 27.9 Å². The molecule has 1 aromatic carbocycles. The first kappa shape index (κ1) is 18.9. The van der Waals surface area contributed by atoms with Gasteiger partial charge in [-0.1, -0.05) is 18.6 Å². The van der Waals surface area contributed by atoms with E-state index in [4.69, 9.17) is 0 Å². The summed E-state index contributed by atoms with van der Waals surface area (Å²) in [6.45, 7) is 3.05. The van der Waals surface area contributed by atoms with E-state index in [1.165, 1.54) is 19.3 Å². The van der Waals surface area contributed by atoms with E-state index in [1.807, 2.05) is 12.1 Å². The molecule has 9 heteroatoms. The first-order chi connectivity index (χ1) is 13.4. The maximum absolute atomic E-state index is 13.0. The van der Waals surface area contributed by atoms with E-state index >= 15 is 0 Å². The molecule has 1 N–H and O–H groups in total. The monoisotopic (exact) mass is 408 g/mol. The average Bonchev–Trinajstić information content (AvgIpc) is 3.26. The number of fused-ring (bicyclic) bond motifs is 1. The second kappa shape index (κ2) is 7.56. The first-order valence-corrected chi connectivity index (χ1v) is 9.94. The minimum absolute atomic E-state index is 0.128. The topological polar surface area (TPSA) is 49.6 Å². The molecule has 1 aliphatic rings. The van der Waals surface area contributed by atoms with Crippen LogP contribution in [-0.2, 0) is 12.7 Å². The Kier molecular flexibility index (Phi) is 5.11. The van der Waals surface area contributed by atoms with Crippen molar-refractivity contribution in [3.8, 4) is 0 Å².